The fourth-order valence-corrected chi connectivity index (χ4v) is 16.8. The van der Waals surface area contributed by atoms with Gasteiger partial charge >= 0.3 is 0 Å². The van der Waals surface area contributed by atoms with Crippen LogP contribution in [0.25, 0.3) is 0 Å². The zero-order valence-corrected chi connectivity index (χ0v) is 48.7. The van der Waals surface area contributed by atoms with Gasteiger partial charge in [0.25, 0.3) is 0 Å². The second-order valence-electron chi connectivity index (χ2n) is 26.6. The molecule has 30 nitrogen and oxygen atoms in total. The summed E-state index contributed by atoms with van der Waals surface area (Å²) in [5.74, 6) is -3.97. The number of aliphatic hydroxyl groups excluding tert-OH is 18. The lowest BCUT2D eigenvalue weighted by Crippen LogP contribution is -2.68. The van der Waals surface area contributed by atoms with Gasteiger partial charge in [-0.1, -0.05) is 32.1 Å². The quantitative estimate of drug-likeness (QED) is 0.0719. The zero-order chi connectivity index (χ0) is 62.8. The lowest BCUT2D eigenvalue weighted by Gasteiger charge is -2.61. The number of hydrogen-bond acceptors (Lipinski definition) is 30. The van der Waals surface area contributed by atoms with Crippen LogP contribution in [0.4, 0.5) is 0 Å². The third kappa shape index (κ3) is 11.2. The lowest BCUT2D eigenvalue weighted by molar-refractivity contribution is -0.397. The average molecular weight is 1260 g/mol. The molecule has 3 saturated carbocycles. The summed E-state index contributed by atoms with van der Waals surface area (Å²) in [6.45, 7) is 8.05. The number of hydrogen-bond donors (Lipinski definition) is 18. The second-order valence-corrected chi connectivity index (χ2v) is 26.6. The van der Waals surface area contributed by atoms with Crippen LogP contribution in [-0.2, 0) is 56.8 Å². The maximum Gasteiger partial charge on any atom is 0.203 e. The van der Waals surface area contributed by atoms with Crippen LogP contribution in [0.5, 0.6) is 0 Å². The molecule has 1 spiro atoms. The van der Waals surface area contributed by atoms with E-state index in [0.717, 1.165) is 5.57 Å². The maximum atomic E-state index is 12.7. The minimum atomic E-state index is -2.00. The van der Waals surface area contributed by atoms with Crippen molar-refractivity contribution >= 4 is 0 Å². The van der Waals surface area contributed by atoms with Crippen molar-refractivity contribution in [2.45, 2.75) is 256 Å². The van der Waals surface area contributed by atoms with E-state index in [1.54, 1.807) is 0 Å². The first-order valence-electron chi connectivity index (χ1n) is 30.4. The molecule has 0 unspecified atom stereocenters. The zero-order valence-electron chi connectivity index (χ0n) is 48.7. The van der Waals surface area contributed by atoms with Gasteiger partial charge in [-0.05, 0) is 74.7 Å². The summed E-state index contributed by atoms with van der Waals surface area (Å²) in [6.07, 6.45) is -43.1. The number of allylic oxidation sites excluding steroid dienone is 1. The highest BCUT2D eigenvalue weighted by Gasteiger charge is 2.74. The average Bonchev–Trinajstić information content (AvgIpc) is 1.57. The van der Waals surface area contributed by atoms with Crippen molar-refractivity contribution in [3.63, 3.8) is 0 Å². The Labute approximate surface area is 500 Å². The van der Waals surface area contributed by atoms with Crippen molar-refractivity contribution in [3.05, 3.63) is 23.8 Å². The fourth-order valence-electron chi connectivity index (χ4n) is 16.8. The number of ether oxygens (including phenoxy) is 12. The molecule has 38 atom stereocenters. The van der Waals surface area contributed by atoms with Crippen LogP contribution in [0, 0.1) is 40.4 Å². The Balaban J connectivity index is 0.906. The van der Waals surface area contributed by atoms with E-state index in [0.29, 0.717) is 25.7 Å². The predicted molar refractivity (Wildman–Crippen MR) is 284 cm³/mol. The molecule has 0 radical (unpaired) electrons. The molecule has 0 aromatic rings. The summed E-state index contributed by atoms with van der Waals surface area (Å²) >= 11 is 0. The fraction of sp³-hybridized carbons (Fsp3) is 0.930. The van der Waals surface area contributed by atoms with Gasteiger partial charge in [0.1, 0.15) is 122 Å². The molecule has 30 heteroatoms. The number of fused-ring (bicyclic) bond motifs is 7. The summed E-state index contributed by atoms with van der Waals surface area (Å²) < 4.78 is 75.3. The first-order valence-corrected chi connectivity index (χ1v) is 30.4. The van der Waals surface area contributed by atoms with Crippen molar-refractivity contribution in [3.8, 4) is 0 Å². The number of aliphatic hydroxyl groups is 18. The Morgan fingerprint density at radius 3 is 1.68 bits per heavy atom. The van der Waals surface area contributed by atoms with E-state index < -0.39 is 232 Å². The van der Waals surface area contributed by atoms with Crippen molar-refractivity contribution < 1.29 is 149 Å². The SMILES string of the molecule is C=C1CO[C@@]2(O[C@H]3C[C@H]4[C@@H]5CC=C6C[C@@H](O)C[C@@H](O[C@@H]7O[C@H](CO)[C@@H](O)[C@H](O[C@@H]8O[C@H](C)[C@H](O)[C@H](O)[C@H]8O)[C@H]7O[C@@H]7O[C@H](CO)[C@H](O)[C@H](O)[C@H]7O)[C@]6(C)[C@H]5CC[C@]4(C)[C@H]3[C@@H]2CO[C@@H]2O[C@H](CO)[C@H](O)[C@H](O)[C@H]2O)[C@@H](O)[C@H]1O[C@@H]1O[C@H](C)[C@H](O)[C@H](O)[C@H]1O. The minimum Gasteiger partial charge on any atom is -0.394 e. The van der Waals surface area contributed by atoms with E-state index in [1.807, 2.05) is 6.92 Å². The van der Waals surface area contributed by atoms with E-state index in [2.05, 4.69) is 19.6 Å². The van der Waals surface area contributed by atoms with Crippen LogP contribution in [0.1, 0.15) is 66.2 Å². The van der Waals surface area contributed by atoms with Gasteiger partial charge in [-0.25, -0.2) is 0 Å². The van der Waals surface area contributed by atoms with Crippen molar-refractivity contribution in [2.75, 3.05) is 33.0 Å². The molecule has 10 fully saturated rings. The minimum absolute atomic E-state index is 0.00504. The molecule has 498 valence electrons. The van der Waals surface area contributed by atoms with E-state index in [9.17, 15) is 91.9 Å². The first kappa shape index (κ1) is 66.7. The molecule has 11 rings (SSSR count). The predicted octanol–water partition coefficient (Wildman–Crippen LogP) is -7.31. The van der Waals surface area contributed by atoms with Crippen LogP contribution < -0.4 is 0 Å². The van der Waals surface area contributed by atoms with Gasteiger partial charge in [0, 0.05) is 23.7 Å². The van der Waals surface area contributed by atoms with Crippen molar-refractivity contribution in [1.29, 1.82) is 0 Å². The maximum absolute atomic E-state index is 12.7. The summed E-state index contributed by atoms with van der Waals surface area (Å²) in [5, 5.41) is 197. The standard InChI is InChI=1S/C57H90O30/c1-18-16-77-57(49(75)46(18)84-51-43(72)38(67)33(62)19(2)78-51)26(17-76-50-42(71)40(69)35(64)28(13-58)80-50)32-27(87-57)12-25-23-7-6-21-10-22(61)11-31(56(21,5)24(23)8-9-55(25,32)4)83-54-48(86-53-45(74)41(70)36(65)29(14-59)81-53)47(37(66)30(15-60)82-54)85-52-44(73)39(68)34(63)20(3)79-52/h6,19-20,22-54,58-75H,1,7-17H2,2-5H3/t19-,20-,22-,23-,24+,25+,26+,27+,28-,29-,30-,31-,32+,33+,34+,35+,36+,37-,38+,39+,40+,41+,42-,43-,44-,45-,46+,47+,48-,49+,50-,51+,52+,53+,54+,55+,56+,57+/m1/s1. The Morgan fingerprint density at radius 2 is 1.08 bits per heavy atom. The largest absolute Gasteiger partial charge is 0.394 e. The Hall–Kier alpha value is -1.72. The van der Waals surface area contributed by atoms with Crippen LogP contribution in [-0.4, -0.2) is 315 Å². The van der Waals surface area contributed by atoms with E-state index in [1.165, 1.54) is 13.8 Å². The van der Waals surface area contributed by atoms with Crippen LogP contribution in [0.3, 0.4) is 0 Å². The topological polar surface area (TPSA) is 475 Å². The van der Waals surface area contributed by atoms with E-state index in [-0.39, 0.29) is 49.4 Å². The smallest absolute Gasteiger partial charge is 0.203 e. The van der Waals surface area contributed by atoms with Gasteiger partial charge in [0.15, 0.2) is 31.5 Å². The highest BCUT2D eigenvalue weighted by Crippen LogP contribution is 2.71. The summed E-state index contributed by atoms with van der Waals surface area (Å²) in [4.78, 5) is 0. The van der Waals surface area contributed by atoms with Crippen LogP contribution in [0.2, 0.25) is 0 Å². The lowest BCUT2D eigenvalue weighted by atomic mass is 9.46. The molecule has 7 aliphatic heterocycles. The van der Waals surface area contributed by atoms with E-state index in [4.69, 9.17) is 56.8 Å². The molecule has 4 aliphatic carbocycles. The molecule has 0 aromatic heterocycles. The molecular weight excluding hydrogens is 1160 g/mol. The molecule has 7 heterocycles. The molecule has 11 aliphatic rings. The van der Waals surface area contributed by atoms with Crippen molar-refractivity contribution in [2.24, 2.45) is 40.4 Å². The molecule has 7 saturated heterocycles. The third-order valence-electron chi connectivity index (χ3n) is 21.8. The van der Waals surface area contributed by atoms with Gasteiger partial charge in [-0.15, -0.1) is 0 Å². The van der Waals surface area contributed by atoms with E-state index >= 15 is 0 Å². The van der Waals surface area contributed by atoms with Gasteiger partial charge in [0.05, 0.1) is 63.6 Å². The second kappa shape index (κ2) is 25.5. The van der Waals surface area contributed by atoms with Crippen LogP contribution >= 0.6 is 0 Å². The molecule has 0 amide bonds. The third-order valence-corrected chi connectivity index (χ3v) is 21.8. The summed E-state index contributed by atoms with van der Waals surface area (Å²) in [5.41, 5.74) is -0.535. The highest BCUT2D eigenvalue weighted by atomic mass is 16.8. The summed E-state index contributed by atoms with van der Waals surface area (Å²) in [7, 11) is 0. The first-order chi connectivity index (χ1) is 41.1. The molecule has 0 aromatic carbocycles. The van der Waals surface area contributed by atoms with Gasteiger partial charge < -0.3 is 149 Å². The van der Waals surface area contributed by atoms with Crippen LogP contribution in [0.15, 0.2) is 23.8 Å². The monoisotopic (exact) mass is 1250 g/mol. The Kier molecular flexibility index (Phi) is 19.6. The summed E-state index contributed by atoms with van der Waals surface area (Å²) in [6, 6.07) is 0. The normalized spacial score (nSPS) is 57.0. The molecule has 18 N–H and O–H groups in total. The highest BCUT2D eigenvalue weighted by molar-refractivity contribution is 5.29. The molecular formula is C57H90O30. The molecule has 0 bridgehead atoms. The Bertz CT molecular complexity index is 2410. The van der Waals surface area contributed by atoms with Gasteiger partial charge in [0.2, 0.25) is 5.79 Å². The number of rotatable bonds is 14. The molecule has 87 heavy (non-hydrogen) atoms. The van der Waals surface area contributed by atoms with Crippen molar-refractivity contribution in [1.82, 2.24) is 0 Å². The Morgan fingerprint density at radius 1 is 0.563 bits per heavy atom. The van der Waals surface area contributed by atoms with Gasteiger partial charge in [-0.2, -0.15) is 0 Å². The van der Waals surface area contributed by atoms with Gasteiger partial charge in [-0.3, -0.25) is 0 Å².